The van der Waals surface area contributed by atoms with Gasteiger partial charge >= 0.3 is 11.9 Å². The summed E-state index contributed by atoms with van der Waals surface area (Å²) in [4.78, 5) is 34.2. The lowest BCUT2D eigenvalue weighted by molar-refractivity contribution is -0.144. The van der Waals surface area contributed by atoms with Crippen LogP contribution in [0.25, 0.3) is 0 Å². The number of aryl methyl sites for hydroxylation is 1. The molecule has 1 aromatic carbocycles. The lowest BCUT2D eigenvalue weighted by Gasteiger charge is -2.15. The standard InChI is InChI=1S/C16H21NO5/c1-3-22-15(19)8-7-14(18)17-13(16(20)21)10-12-6-4-5-11(2)9-12/h4-6,9,13H,3,7-8,10H2,1-2H3,(H,17,18)(H,20,21)/t13-/m1/s1. The van der Waals surface area contributed by atoms with Crippen LogP contribution in [0.2, 0.25) is 0 Å². The Bertz CT molecular complexity index is 541. The minimum Gasteiger partial charge on any atom is -0.480 e. The third-order valence-corrected chi connectivity index (χ3v) is 3.02. The second kappa shape index (κ2) is 8.81. The maximum atomic E-state index is 11.7. The number of amides is 1. The minimum atomic E-state index is -1.11. The highest BCUT2D eigenvalue weighted by atomic mass is 16.5. The number of aliphatic carboxylic acids is 1. The molecule has 0 saturated heterocycles. The molecule has 1 amide bonds. The number of carboxylic acids is 1. The van der Waals surface area contributed by atoms with Gasteiger partial charge in [0.15, 0.2) is 0 Å². The molecule has 0 aliphatic heterocycles. The molecule has 1 atom stereocenters. The van der Waals surface area contributed by atoms with Gasteiger partial charge in [-0.15, -0.1) is 0 Å². The van der Waals surface area contributed by atoms with E-state index in [1.54, 1.807) is 6.92 Å². The van der Waals surface area contributed by atoms with Crippen molar-refractivity contribution in [1.29, 1.82) is 0 Å². The molecule has 6 heteroatoms. The molecular formula is C16H21NO5. The minimum absolute atomic E-state index is 0.0591. The van der Waals surface area contributed by atoms with Crippen LogP contribution in [0, 0.1) is 6.92 Å². The molecule has 1 rings (SSSR count). The van der Waals surface area contributed by atoms with Gasteiger partial charge in [-0.25, -0.2) is 4.79 Å². The van der Waals surface area contributed by atoms with Gasteiger partial charge in [0, 0.05) is 12.8 Å². The van der Waals surface area contributed by atoms with Gasteiger partial charge in [0.2, 0.25) is 5.91 Å². The first-order valence-electron chi connectivity index (χ1n) is 7.15. The summed E-state index contributed by atoms with van der Waals surface area (Å²) in [5.41, 5.74) is 1.85. The molecule has 0 fully saturated rings. The SMILES string of the molecule is CCOC(=O)CCC(=O)N[C@H](Cc1cccc(C)c1)C(=O)O. The van der Waals surface area contributed by atoms with Crippen LogP contribution in [-0.2, 0) is 25.5 Å². The van der Waals surface area contributed by atoms with Crippen molar-refractivity contribution in [3.8, 4) is 0 Å². The van der Waals surface area contributed by atoms with Gasteiger partial charge in [-0.3, -0.25) is 9.59 Å². The van der Waals surface area contributed by atoms with E-state index in [1.165, 1.54) is 0 Å². The first-order chi connectivity index (χ1) is 10.4. The van der Waals surface area contributed by atoms with E-state index in [0.717, 1.165) is 11.1 Å². The second-order valence-corrected chi connectivity index (χ2v) is 4.96. The smallest absolute Gasteiger partial charge is 0.326 e. The van der Waals surface area contributed by atoms with E-state index in [4.69, 9.17) is 4.74 Å². The molecule has 2 N–H and O–H groups in total. The van der Waals surface area contributed by atoms with Crippen molar-refractivity contribution in [2.75, 3.05) is 6.61 Å². The van der Waals surface area contributed by atoms with Crippen LogP contribution in [0.15, 0.2) is 24.3 Å². The van der Waals surface area contributed by atoms with E-state index >= 15 is 0 Å². The summed E-state index contributed by atoms with van der Waals surface area (Å²) in [5, 5.41) is 11.6. The quantitative estimate of drug-likeness (QED) is 0.709. The maximum Gasteiger partial charge on any atom is 0.326 e. The molecule has 0 spiro atoms. The van der Waals surface area contributed by atoms with E-state index in [1.807, 2.05) is 31.2 Å². The average Bonchev–Trinajstić information content (AvgIpc) is 2.45. The molecule has 0 radical (unpaired) electrons. The predicted octanol–water partition coefficient (Wildman–Crippen LogP) is 1.45. The molecule has 1 aromatic rings. The number of carbonyl (C=O) groups is 3. The van der Waals surface area contributed by atoms with E-state index in [0.29, 0.717) is 0 Å². The fourth-order valence-electron chi connectivity index (χ4n) is 1.99. The van der Waals surface area contributed by atoms with Gasteiger partial charge in [0.05, 0.1) is 13.0 Å². The van der Waals surface area contributed by atoms with Crippen molar-refractivity contribution in [3.05, 3.63) is 35.4 Å². The number of carbonyl (C=O) groups excluding carboxylic acids is 2. The summed E-state index contributed by atoms with van der Waals surface area (Å²) < 4.78 is 4.72. The average molecular weight is 307 g/mol. The Morgan fingerprint density at radius 2 is 2.00 bits per heavy atom. The van der Waals surface area contributed by atoms with Crippen molar-refractivity contribution >= 4 is 17.8 Å². The number of benzene rings is 1. The summed E-state index contributed by atoms with van der Waals surface area (Å²) >= 11 is 0. The lowest BCUT2D eigenvalue weighted by atomic mass is 10.0. The predicted molar refractivity (Wildman–Crippen MR) is 80.3 cm³/mol. The number of rotatable bonds is 8. The molecule has 0 aromatic heterocycles. The van der Waals surface area contributed by atoms with Crippen LogP contribution in [0.4, 0.5) is 0 Å². The highest BCUT2D eigenvalue weighted by Crippen LogP contribution is 2.07. The third-order valence-electron chi connectivity index (χ3n) is 3.02. The van der Waals surface area contributed by atoms with Crippen molar-refractivity contribution in [2.45, 2.75) is 39.2 Å². The van der Waals surface area contributed by atoms with Crippen LogP contribution >= 0.6 is 0 Å². The first-order valence-corrected chi connectivity index (χ1v) is 7.15. The summed E-state index contributed by atoms with van der Waals surface area (Å²) in [6, 6.07) is 6.43. The van der Waals surface area contributed by atoms with Crippen molar-refractivity contribution in [1.82, 2.24) is 5.32 Å². The van der Waals surface area contributed by atoms with Gasteiger partial charge in [0.1, 0.15) is 6.04 Å². The Hall–Kier alpha value is -2.37. The number of ether oxygens (including phenoxy) is 1. The Kier molecular flexibility index (Phi) is 7.08. The number of carboxylic acid groups (broad SMARTS) is 1. The Labute approximate surface area is 129 Å². The summed E-state index contributed by atoms with van der Waals surface area (Å²) in [5.74, 6) is -2.05. The Balaban J connectivity index is 2.55. The maximum absolute atomic E-state index is 11.7. The Morgan fingerprint density at radius 3 is 2.59 bits per heavy atom. The number of hydrogen-bond donors (Lipinski definition) is 2. The fourth-order valence-corrected chi connectivity index (χ4v) is 1.99. The van der Waals surface area contributed by atoms with Gasteiger partial charge < -0.3 is 15.2 Å². The molecule has 0 aliphatic rings. The van der Waals surface area contributed by atoms with Gasteiger partial charge in [-0.2, -0.15) is 0 Å². The highest BCUT2D eigenvalue weighted by Gasteiger charge is 2.20. The number of esters is 1. The molecule has 22 heavy (non-hydrogen) atoms. The van der Waals surface area contributed by atoms with Gasteiger partial charge in [-0.1, -0.05) is 29.8 Å². The zero-order valence-corrected chi connectivity index (χ0v) is 12.8. The molecule has 0 bridgehead atoms. The molecule has 0 unspecified atom stereocenters. The molecule has 0 saturated carbocycles. The number of nitrogens with one attached hydrogen (secondary N) is 1. The highest BCUT2D eigenvalue weighted by molar-refractivity contribution is 5.85. The third kappa shape index (κ3) is 6.39. The number of hydrogen-bond acceptors (Lipinski definition) is 4. The fraction of sp³-hybridized carbons (Fsp3) is 0.438. The zero-order valence-electron chi connectivity index (χ0n) is 12.8. The molecule has 0 aliphatic carbocycles. The first kappa shape index (κ1) is 17.7. The van der Waals surface area contributed by atoms with Crippen molar-refractivity contribution < 1.29 is 24.2 Å². The van der Waals surface area contributed by atoms with E-state index in [9.17, 15) is 19.5 Å². The van der Waals surface area contributed by atoms with Crippen LogP contribution in [-0.4, -0.2) is 35.6 Å². The summed E-state index contributed by atoms with van der Waals surface area (Å²) in [7, 11) is 0. The summed E-state index contributed by atoms with van der Waals surface area (Å²) in [6.07, 6.45) is 0.0506. The van der Waals surface area contributed by atoms with Crippen LogP contribution in [0.1, 0.15) is 30.9 Å². The van der Waals surface area contributed by atoms with E-state index in [2.05, 4.69) is 5.32 Å². The van der Waals surface area contributed by atoms with Crippen molar-refractivity contribution in [3.63, 3.8) is 0 Å². The van der Waals surface area contributed by atoms with Gasteiger partial charge in [-0.05, 0) is 19.4 Å². The topological polar surface area (TPSA) is 92.7 Å². The van der Waals surface area contributed by atoms with Crippen LogP contribution < -0.4 is 5.32 Å². The second-order valence-electron chi connectivity index (χ2n) is 4.96. The lowest BCUT2D eigenvalue weighted by Crippen LogP contribution is -2.42. The van der Waals surface area contributed by atoms with E-state index in [-0.39, 0.29) is 25.9 Å². The zero-order chi connectivity index (χ0) is 16.5. The largest absolute Gasteiger partial charge is 0.480 e. The molecule has 6 nitrogen and oxygen atoms in total. The summed E-state index contributed by atoms with van der Waals surface area (Å²) in [6.45, 7) is 3.85. The van der Waals surface area contributed by atoms with Gasteiger partial charge in [0.25, 0.3) is 0 Å². The van der Waals surface area contributed by atoms with Crippen molar-refractivity contribution in [2.24, 2.45) is 0 Å². The van der Waals surface area contributed by atoms with E-state index < -0.39 is 23.9 Å². The molecular weight excluding hydrogens is 286 g/mol. The molecule has 0 heterocycles. The van der Waals surface area contributed by atoms with Crippen LogP contribution in [0.3, 0.4) is 0 Å². The Morgan fingerprint density at radius 1 is 1.27 bits per heavy atom. The van der Waals surface area contributed by atoms with Crippen LogP contribution in [0.5, 0.6) is 0 Å². The molecule has 120 valence electrons. The normalized spacial score (nSPS) is 11.5. The monoisotopic (exact) mass is 307 g/mol.